The van der Waals surface area contributed by atoms with Crippen molar-refractivity contribution in [2.75, 3.05) is 13.2 Å². The van der Waals surface area contributed by atoms with E-state index in [9.17, 15) is 14.7 Å². The number of aliphatic hydroxyl groups excluding tert-OH is 1. The number of hydrogen-bond donors (Lipinski definition) is 1. The van der Waals surface area contributed by atoms with E-state index in [2.05, 4.69) is 0 Å². The minimum absolute atomic E-state index is 0.125. The maximum Gasteiger partial charge on any atom is 0.303 e. The zero-order chi connectivity index (χ0) is 18.9. The quantitative estimate of drug-likeness (QED) is 0.454. The molecular weight excluding hydrogens is 340 g/mol. The van der Waals surface area contributed by atoms with Crippen molar-refractivity contribution in [3.8, 4) is 0 Å². The highest BCUT2D eigenvalue weighted by molar-refractivity contribution is 5.68. The van der Waals surface area contributed by atoms with Gasteiger partial charge in [0.2, 0.25) is 0 Å². The molecule has 7 atom stereocenters. The third kappa shape index (κ3) is 1.99. The maximum absolute atomic E-state index is 11.9. The van der Waals surface area contributed by atoms with Gasteiger partial charge in [-0.25, -0.2) is 0 Å². The zero-order valence-electron chi connectivity index (χ0n) is 15.6. The molecule has 1 saturated carbocycles. The van der Waals surface area contributed by atoms with Crippen molar-refractivity contribution in [3.05, 3.63) is 11.6 Å². The van der Waals surface area contributed by atoms with E-state index in [1.165, 1.54) is 19.4 Å². The zero-order valence-corrected chi connectivity index (χ0v) is 15.6. The number of epoxide rings is 1. The van der Waals surface area contributed by atoms with Crippen LogP contribution in [0.5, 0.6) is 0 Å². The van der Waals surface area contributed by atoms with Crippen molar-refractivity contribution in [1.29, 1.82) is 0 Å². The maximum atomic E-state index is 11.9. The van der Waals surface area contributed by atoms with E-state index in [1.807, 2.05) is 19.9 Å². The van der Waals surface area contributed by atoms with Gasteiger partial charge in [0.05, 0.1) is 24.7 Å². The molecule has 4 aliphatic rings. The third-order valence-electron chi connectivity index (χ3n) is 7.11. The van der Waals surface area contributed by atoms with Gasteiger partial charge in [0, 0.05) is 19.3 Å². The normalized spacial score (nSPS) is 48.6. The third-order valence-corrected chi connectivity index (χ3v) is 7.11. The number of carbonyl (C=O) groups is 2. The number of rotatable bonds is 3. The summed E-state index contributed by atoms with van der Waals surface area (Å²) in [4.78, 5) is 23.6. The van der Waals surface area contributed by atoms with Gasteiger partial charge >= 0.3 is 11.9 Å². The molecule has 0 unspecified atom stereocenters. The van der Waals surface area contributed by atoms with Crippen molar-refractivity contribution in [2.45, 2.75) is 70.6 Å². The SMILES string of the molecule is CC(=O)O[C@@H]1[C@@H](OC(C)=O)[C@]2(C)[C@@]3(CO)CCC(C)=C[C@H]3O[C@H]1[C@@]21CO1. The average Bonchev–Trinajstić information content (AvgIpc) is 3.34. The number of hydrogen-bond acceptors (Lipinski definition) is 7. The molecule has 1 spiro atoms. The Morgan fingerprint density at radius 3 is 2.50 bits per heavy atom. The molecule has 2 aliphatic heterocycles. The topological polar surface area (TPSA) is 94.6 Å². The molecule has 0 aromatic heterocycles. The number of carbonyl (C=O) groups excluding carboxylic acids is 2. The van der Waals surface area contributed by atoms with E-state index >= 15 is 0 Å². The number of ether oxygens (including phenoxy) is 4. The van der Waals surface area contributed by atoms with Crippen LogP contribution >= 0.6 is 0 Å². The van der Waals surface area contributed by atoms with Crippen LogP contribution in [0.2, 0.25) is 0 Å². The molecule has 2 heterocycles. The second-order valence-electron chi connectivity index (χ2n) is 8.29. The lowest BCUT2D eigenvalue weighted by Gasteiger charge is -2.57. The number of fused-ring (bicyclic) bond motifs is 2. The lowest BCUT2D eigenvalue weighted by molar-refractivity contribution is -0.229. The second kappa shape index (κ2) is 5.53. The highest BCUT2D eigenvalue weighted by Crippen LogP contribution is 2.72. The van der Waals surface area contributed by atoms with Crippen LogP contribution < -0.4 is 0 Å². The molecule has 2 bridgehead atoms. The van der Waals surface area contributed by atoms with Crippen LogP contribution in [0.3, 0.4) is 0 Å². The number of esters is 2. The van der Waals surface area contributed by atoms with Crippen molar-refractivity contribution in [2.24, 2.45) is 10.8 Å². The molecule has 2 saturated heterocycles. The Kier molecular flexibility index (Phi) is 3.82. The summed E-state index contributed by atoms with van der Waals surface area (Å²) >= 11 is 0. The molecule has 0 amide bonds. The fourth-order valence-electron chi connectivity index (χ4n) is 5.68. The van der Waals surface area contributed by atoms with Gasteiger partial charge in [0.1, 0.15) is 11.7 Å². The van der Waals surface area contributed by atoms with Gasteiger partial charge in [-0.15, -0.1) is 0 Å². The Balaban J connectivity index is 1.88. The number of aliphatic hydroxyl groups is 1. The van der Waals surface area contributed by atoms with Crippen molar-refractivity contribution in [1.82, 2.24) is 0 Å². The first-order valence-corrected chi connectivity index (χ1v) is 9.14. The van der Waals surface area contributed by atoms with Gasteiger partial charge in [-0.2, -0.15) is 0 Å². The van der Waals surface area contributed by atoms with Crippen LogP contribution in [-0.4, -0.2) is 60.3 Å². The minimum Gasteiger partial charge on any atom is -0.458 e. The molecule has 144 valence electrons. The van der Waals surface area contributed by atoms with Crippen molar-refractivity contribution in [3.63, 3.8) is 0 Å². The Morgan fingerprint density at radius 2 is 1.96 bits per heavy atom. The molecule has 4 rings (SSSR count). The van der Waals surface area contributed by atoms with Gasteiger partial charge in [-0.05, 0) is 19.8 Å². The second-order valence-corrected chi connectivity index (χ2v) is 8.29. The minimum atomic E-state index is -0.758. The fourth-order valence-corrected chi connectivity index (χ4v) is 5.68. The predicted octanol–water partition coefficient (Wildman–Crippen LogP) is 1.12. The highest BCUT2D eigenvalue weighted by atomic mass is 16.7. The standard InChI is InChI=1S/C19H26O7/c1-10-5-6-18(8-20)13(7-10)26-16-14(24-11(2)21)15(25-12(3)22)17(18,4)19(16)9-23-19/h7,13-16,20H,5-6,8-9H2,1-4H3/t13-,14-,15-,16-,17-,18-,19+/m1/s1. The van der Waals surface area contributed by atoms with Crippen LogP contribution in [0, 0.1) is 10.8 Å². The van der Waals surface area contributed by atoms with Crippen LogP contribution in [0.15, 0.2) is 11.6 Å². The molecule has 2 aliphatic carbocycles. The summed E-state index contributed by atoms with van der Waals surface area (Å²) in [5.74, 6) is -0.917. The molecule has 7 nitrogen and oxygen atoms in total. The first kappa shape index (κ1) is 17.9. The Bertz CT molecular complexity index is 681. The first-order valence-electron chi connectivity index (χ1n) is 9.14. The van der Waals surface area contributed by atoms with Crippen LogP contribution in [-0.2, 0) is 28.5 Å². The molecule has 0 radical (unpaired) electrons. The lowest BCUT2D eigenvalue weighted by Crippen LogP contribution is -2.66. The van der Waals surface area contributed by atoms with Gasteiger partial charge < -0.3 is 24.1 Å². The Hall–Kier alpha value is -1.44. The summed E-state index contributed by atoms with van der Waals surface area (Å²) in [6.07, 6.45) is 1.18. The molecule has 3 fully saturated rings. The molecule has 0 aromatic carbocycles. The molecule has 1 N–H and O–H groups in total. The highest BCUT2D eigenvalue weighted by Gasteiger charge is 2.86. The Morgan fingerprint density at radius 1 is 1.31 bits per heavy atom. The molecule has 0 aromatic rings. The van der Waals surface area contributed by atoms with E-state index in [-0.39, 0.29) is 12.7 Å². The van der Waals surface area contributed by atoms with Crippen molar-refractivity contribution >= 4 is 11.9 Å². The van der Waals surface area contributed by atoms with E-state index in [4.69, 9.17) is 18.9 Å². The summed E-state index contributed by atoms with van der Waals surface area (Å²) in [5.41, 5.74) is -0.923. The Labute approximate surface area is 152 Å². The summed E-state index contributed by atoms with van der Waals surface area (Å²) in [6, 6.07) is 0. The van der Waals surface area contributed by atoms with Gasteiger partial charge in [-0.1, -0.05) is 18.6 Å². The van der Waals surface area contributed by atoms with Crippen LogP contribution in [0.4, 0.5) is 0 Å². The first-order chi connectivity index (χ1) is 12.2. The fraction of sp³-hybridized carbons (Fsp3) is 0.789. The van der Waals surface area contributed by atoms with E-state index < -0.39 is 46.7 Å². The average molecular weight is 366 g/mol. The monoisotopic (exact) mass is 366 g/mol. The largest absolute Gasteiger partial charge is 0.458 e. The van der Waals surface area contributed by atoms with E-state index in [1.54, 1.807) is 0 Å². The van der Waals surface area contributed by atoms with E-state index in [0.29, 0.717) is 13.0 Å². The molecule has 26 heavy (non-hydrogen) atoms. The summed E-state index contributed by atoms with van der Waals surface area (Å²) in [6.45, 7) is 7.01. The smallest absolute Gasteiger partial charge is 0.303 e. The molecular formula is C19H26O7. The lowest BCUT2D eigenvalue weighted by atomic mass is 9.51. The summed E-state index contributed by atoms with van der Waals surface area (Å²) < 4.78 is 23.6. The van der Waals surface area contributed by atoms with E-state index in [0.717, 1.165) is 6.42 Å². The predicted molar refractivity (Wildman–Crippen MR) is 89.1 cm³/mol. The summed E-state index contributed by atoms with van der Waals surface area (Å²) in [5, 5.41) is 10.5. The van der Waals surface area contributed by atoms with Gasteiger partial charge in [-0.3, -0.25) is 9.59 Å². The number of allylic oxidation sites excluding steroid dienone is 1. The van der Waals surface area contributed by atoms with Gasteiger partial charge in [0.25, 0.3) is 0 Å². The molecule has 7 heteroatoms. The van der Waals surface area contributed by atoms with Crippen LogP contribution in [0.1, 0.15) is 40.5 Å². The summed E-state index contributed by atoms with van der Waals surface area (Å²) in [7, 11) is 0. The van der Waals surface area contributed by atoms with Crippen molar-refractivity contribution < 1.29 is 33.6 Å². The van der Waals surface area contributed by atoms with Gasteiger partial charge in [0.15, 0.2) is 12.2 Å². The van der Waals surface area contributed by atoms with Crippen LogP contribution in [0.25, 0.3) is 0 Å².